The summed E-state index contributed by atoms with van der Waals surface area (Å²) >= 11 is 0. The number of para-hydroxylation sites is 1. The summed E-state index contributed by atoms with van der Waals surface area (Å²) < 4.78 is 5.12. The third kappa shape index (κ3) is 3.99. The number of carbonyl (C=O) groups is 2. The van der Waals surface area contributed by atoms with Crippen LogP contribution < -0.4 is 21.1 Å². The summed E-state index contributed by atoms with van der Waals surface area (Å²) in [5, 5.41) is 5.32. The fraction of sp³-hybridized carbons (Fsp3) is 0.125. The van der Waals surface area contributed by atoms with Crippen molar-refractivity contribution in [3.05, 3.63) is 59.7 Å². The Morgan fingerprint density at radius 3 is 2.64 bits per heavy atom. The number of benzene rings is 2. The summed E-state index contributed by atoms with van der Waals surface area (Å²) in [5.74, 6) is 0.127. The minimum Gasteiger partial charge on any atom is -0.497 e. The van der Waals surface area contributed by atoms with E-state index in [2.05, 4.69) is 10.6 Å². The third-order valence-electron chi connectivity index (χ3n) is 3.03. The lowest BCUT2D eigenvalue weighted by Crippen LogP contribution is -2.29. The normalized spacial score (nSPS) is 9.86. The number of nitrogens with two attached hydrogens (primary N) is 1. The number of hydrogen-bond acceptors (Lipinski definition) is 3. The van der Waals surface area contributed by atoms with Gasteiger partial charge in [-0.2, -0.15) is 0 Å². The van der Waals surface area contributed by atoms with E-state index < -0.39 is 11.9 Å². The van der Waals surface area contributed by atoms with Gasteiger partial charge in [0.2, 0.25) is 0 Å². The molecular formula is C16H17N3O3. The quantitative estimate of drug-likeness (QED) is 0.789. The van der Waals surface area contributed by atoms with Crippen molar-refractivity contribution in [1.82, 2.24) is 5.32 Å². The smallest absolute Gasteiger partial charge is 0.319 e. The highest BCUT2D eigenvalue weighted by Crippen LogP contribution is 2.14. The molecule has 0 unspecified atom stereocenters. The predicted octanol–water partition coefficient (Wildman–Crippen LogP) is 2.12. The number of nitrogens with one attached hydrogen (secondary N) is 2. The first kappa shape index (κ1) is 15.4. The number of primary amides is 1. The molecule has 0 radical (unpaired) electrons. The minimum absolute atomic E-state index is 0.263. The average molecular weight is 299 g/mol. The van der Waals surface area contributed by atoms with Crippen LogP contribution in [0.25, 0.3) is 0 Å². The summed E-state index contributed by atoms with van der Waals surface area (Å²) in [5.41, 5.74) is 6.80. The summed E-state index contributed by atoms with van der Waals surface area (Å²) in [4.78, 5) is 23.2. The molecule has 0 spiro atoms. The van der Waals surface area contributed by atoms with Crippen LogP contribution in [0, 0.1) is 0 Å². The molecule has 0 atom stereocenters. The van der Waals surface area contributed by atoms with Crippen LogP contribution >= 0.6 is 0 Å². The maximum absolute atomic E-state index is 11.9. The van der Waals surface area contributed by atoms with Crippen molar-refractivity contribution in [3.8, 4) is 5.75 Å². The van der Waals surface area contributed by atoms with Gasteiger partial charge in [0.05, 0.1) is 18.4 Å². The van der Waals surface area contributed by atoms with E-state index in [1.807, 2.05) is 24.3 Å². The standard InChI is InChI=1S/C16H17N3O3/c1-22-12-6-4-5-11(9-12)10-18-16(21)19-14-8-3-2-7-13(14)15(17)20/h2-9H,10H2,1H3,(H2,17,20)(H2,18,19,21). The largest absolute Gasteiger partial charge is 0.497 e. The van der Waals surface area contributed by atoms with E-state index in [0.29, 0.717) is 12.2 Å². The molecule has 0 aliphatic rings. The number of amides is 3. The monoisotopic (exact) mass is 299 g/mol. The van der Waals surface area contributed by atoms with Gasteiger partial charge in [-0.15, -0.1) is 0 Å². The zero-order valence-electron chi connectivity index (χ0n) is 12.1. The molecule has 0 aromatic heterocycles. The molecule has 114 valence electrons. The van der Waals surface area contributed by atoms with Crippen molar-refractivity contribution in [2.24, 2.45) is 5.73 Å². The third-order valence-corrected chi connectivity index (χ3v) is 3.03. The van der Waals surface area contributed by atoms with Gasteiger partial charge >= 0.3 is 6.03 Å². The lowest BCUT2D eigenvalue weighted by Gasteiger charge is -2.10. The minimum atomic E-state index is -0.594. The number of rotatable bonds is 5. The zero-order chi connectivity index (χ0) is 15.9. The van der Waals surface area contributed by atoms with Crippen LogP contribution in [0.4, 0.5) is 10.5 Å². The van der Waals surface area contributed by atoms with Crippen molar-refractivity contribution in [3.63, 3.8) is 0 Å². The van der Waals surface area contributed by atoms with Gasteiger partial charge in [-0.1, -0.05) is 24.3 Å². The molecule has 0 aliphatic heterocycles. The van der Waals surface area contributed by atoms with Crippen LogP contribution in [0.2, 0.25) is 0 Å². The summed E-state index contributed by atoms with van der Waals surface area (Å²) in [7, 11) is 1.58. The first-order valence-corrected chi connectivity index (χ1v) is 6.67. The Labute approximate surface area is 128 Å². The number of anilines is 1. The van der Waals surface area contributed by atoms with Crippen molar-refractivity contribution >= 4 is 17.6 Å². The first-order chi connectivity index (χ1) is 10.6. The molecule has 22 heavy (non-hydrogen) atoms. The van der Waals surface area contributed by atoms with E-state index in [0.717, 1.165) is 11.3 Å². The maximum Gasteiger partial charge on any atom is 0.319 e. The molecule has 0 saturated carbocycles. The van der Waals surface area contributed by atoms with E-state index in [9.17, 15) is 9.59 Å². The summed E-state index contributed by atoms with van der Waals surface area (Å²) in [6.07, 6.45) is 0. The lowest BCUT2D eigenvalue weighted by atomic mass is 10.1. The second-order valence-electron chi connectivity index (χ2n) is 4.57. The SMILES string of the molecule is COc1cccc(CNC(=O)Nc2ccccc2C(N)=O)c1. The van der Waals surface area contributed by atoms with Crippen molar-refractivity contribution < 1.29 is 14.3 Å². The van der Waals surface area contributed by atoms with E-state index in [1.165, 1.54) is 0 Å². The van der Waals surface area contributed by atoms with Gasteiger partial charge in [-0.3, -0.25) is 4.79 Å². The molecule has 2 aromatic carbocycles. The molecule has 0 saturated heterocycles. The Morgan fingerprint density at radius 2 is 1.91 bits per heavy atom. The van der Waals surface area contributed by atoms with Crippen molar-refractivity contribution in [1.29, 1.82) is 0 Å². The molecule has 0 bridgehead atoms. The van der Waals surface area contributed by atoms with Crippen LogP contribution in [-0.2, 0) is 6.54 Å². The van der Waals surface area contributed by atoms with Gasteiger partial charge in [0.1, 0.15) is 5.75 Å². The van der Waals surface area contributed by atoms with Gasteiger partial charge in [0.15, 0.2) is 0 Å². The lowest BCUT2D eigenvalue weighted by molar-refractivity contribution is 0.100. The van der Waals surface area contributed by atoms with E-state index in [4.69, 9.17) is 10.5 Å². The average Bonchev–Trinajstić information content (AvgIpc) is 2.53. The fourth-order valence-corrected chi connectivity index (χ4v) is 1.94. The number of hydrogen-bond donors (Lipinski definition) is 3. The molecular weight excluding hydrogens is 282 g/mol. The van der Waals surface area contributed by atoms with Gasteiger partial charge in [0, 0.05) is 6.54 Å². The Balaban J connectivity index is 1.97. The first-order valence-electron chi connectivity index (χ1n) is 6.67. The second kappa shape index (κ2) is 7.12. The number of ether oxygens (including phenoxy) is 1. The highest BCUT2D eigenvalue weighted by atomic mass is 16.5. The highest BCUT2D eigenvalue weighted by molar-refractivity contribution is 6.02. The number of carbonyl (C=O) groups excluding carboxylic acids is 2. The maximum atomic E-state index is 11.9. The second-order valence-corrected chi connectivity index (χ2v) is 4.57. The molecule has 0 aliphatic carbocycles. The Kier molecular flexibility index (Phi) is 4.98. The van der Waals surface area contributed by atoms with E-state index in [-0.39, 0.29) is 5.56 Å². The fourth-order valence-electron chi connectivity index (χ4n) is 1.94. The molecule has 0 fully saturated rings. The van der Waals surface area contributed by atoms with E-state index in [1.54, 1.807) is 31.4 Å². The Bertz CT molecular complexity index is 686. The molecule has 0 heterocycles. The van der Waals surface area contributed by atoms with Gasteiger partial charge in [-0.25, -0.2) is 4.79 Å². The highest BCUT2D eigenvalue weighted by Gasteiger charge is 2.09. The van der Waals surface area contributed by atoms with Gasteiger partial charge < -0.3 is 21.1 Å². The predicted molar refractivity (Wildman–Crippen MR) is 83.8 cm³/mol. The Morgan fingerprint density at radius 1 is 1.14 bits per heavy atom. The Hall–Kier alpha value is -3.02. The van der Waals surface area contributed by atoms with Gasteiger partial charge in [0.25, 0.3) is 5.91 Å². The van der Waals surface area contributed by atoms with Gasteiger partial charge in [-0.05, 0) is 29.8 Å². The van der Waals surface area contributed by atoms with E-state index >= 15 is 0 Å². The number of urea groups is 1. The van der Waals surface area contributed by atoms with Crippen molar-refractivity contribution in [2.45, 2.75) is 6.54 Å². The van der Waals surface area contributed by atoms with Crippen molar-refractivity contribution in [2.75, 3.05) is 12.4 Å². The molecule has 2 rings (SSSR count). The van der Waals surface area contributed by atoms with Crippen LogP contribution in [0.5, 0.6) is 5.75 Å². The van der Waals surface area contributed by atoms with Crippen LogP contribution in [0.3, 0.4) is 0 Å². The summed E-state index contributed by atoms with van der Waals surface area (Å²) in [6.45, 7) is 0.335. The summed E-state index contributed by atoms with van der Waals surface area (Å²) in [6, 6.07) is 13.5. The zero-order valence-corrected chi connectivity index (χ0v) is 12.1. The number of methoxy groups -OCH3 is 1. The molecule has 3 amide bonds. The van der Waals surface area contributed by atoms with Crippen LogP contribution in [0.15, 0.2) is 48.5 Å². The molecule has 2 aromatic rings. The molecule has 6 heteroatoms. The molecule has 6 nitrogen and oxygen atoms in total. The topological polar surface area (TPSA) is 93.4 Å². The molecule has 4 N–H and O–H groups in total. The van der Waals surface area contributed by atoms with Crippen LogP contribution in [0.1, 0.15) is 15.9 Å². The van der Waals surface area contributed by atoms with Crippen LogP contribution in [-0.4, -0.2) is 19.0 Å².